The number of esters is 1. The molecule has 0 aliphatic carbocycles. The Kier molecular flexibility index (Phi) is 6.21. The van der Waals surface area contributed by atoms with E-state index >= 15 is 0 Å². The number of hydrogen-bond donors (Lipinski definition) is 1. The van der Waals surface area contributed by atoms with Gasteiger partial charge in [0, 0.05) is 6.20 Å². The van der Waals surface area contributed by atoms with E-state index in [0.717, 1.165) is 16.0 Å². The summed E-state index contributed by atoms with van der Waals surface area (Å²) in [6.45, 7) is 2.68. The molecule has 3 aromatic rings. The topological polar surface area (TPSA) is 114 Å². The third-order valence-electron chi connectivity index (χ3n) is 6.96. The van der Waals surface area contributed by atoms with Crippen LogP contribution in [0.25, 0.3) is 6.08 Å². The number of amides is 1. The number of nitrogens with zero attached hydrogens (tertiary/aromatic N) is 2. The second kappa shape index (κ2) is 9.24. The summed E-state index contributed by atoms with van der Waals surface area (Å²) in [5, 5.41) is 8.10. The number of rotatable bonds is 6. The summed E-state index contributed by atoms with van der Waals surface area (Å²) in [7, 11) is -3.98. The van der Waals surface area contributed by atoms with Crippen molar-refractivity contribution < 1.29 is 27.9 Å². The van der Waals surface area contributed by atoms with Crippen molar-refractivity contribution in [2.45, 2.75) is 42.7 Å². The fraction of sp³-hybridized carbons (Fsp3) is 0.250. The van der Waals surface area contributed by atoms with Crippen LogP contribution in [0.1, 0.15) is 42.3 Å². The van der Waals surface area contributed by atoms with Crippen molar-refractivity contribution in [2.75, 3.05) is 0 Å². The first kappa shape index (κ1) is 24.9. The zero-order valence-electron chi connectivity index (χ0n) is 20.3. The molecule has 1 aromatic heterocycles. The molecular formula is C28H26N2O6S. The standard InChI is InChI=1S/C28H26N2O6S/c1-28(2)24(27(33)36-23(19-9-5-3-6-10-19)20-11-7-4-8-12-20)30-25(32)22(26(30)37(28,34)35)16-21-15-18(17-31)13-14-29-21/h3-16,23-24,26,31H,17H2,1-2H3/b22-16-/t24-,26+/m0/s1. The van der Waals surface area contributed by atoms with Gasteiger partial charge in [-0.05, 0) is 48.7 Å². The van der Waals surface area contributed by atoms with E-state index in [1.165, 1.54) is 26.1 Å². The molecule has 0 saturated carbocycles. The van der Waals surface area contributed by atoms with Crippen LogP contribution >= 0.6 is 0 Å². The lowest BCUT2D eigenvalue weighted by Crippen LogP contribution is -2.59. The Labute approximate surface area is 215 Å². The first-order chi connectivity index (χ1) is 17.7. The number of pyridine rings is 1. The van der Waals surface area contributed by atoms with Gasteiger partial charge in [0.15, 0.2) is 27.4 Å². The van der Waals surface area contributed by atoms with Crippen molar-refractivity contribution in [3.63, 3.8) is 0 Å². The average Bonchev–Trinajstić information content (AvgIpc) is 3.05. The van der Waals surface area contributed by atoms with Gasteiger partial charge in [-0.15, -0.1) is 0 Å². The molecule has 1 N–H and O–H groups in total. The maximum Gasteiger partial charge on any atom is 0.331 e. The molecule has 1 amide bonds. The first-order valence-corrected chi connectivity index (χ1v) is 13.4. The highest BCUT2D eigenvalue weighted by molar-refractivity contribution is 7.94. The molecule has 2 saturated heterocycles. The Morgan fingerprint density at radius 3 is 2.24 bits per heavy atom. The number of benzene rings is 2. The van der Waals surface area contributed by atoms with Crippen LogP contribution in [0.4, 0.5) is 0 Å². The third kappa shape index (κ3) is 4.04. The van der Waals surface area contributed by atoms with Crippen LogP contribution in [0, 0.1) is 0 Å². The molecule has 2 fully saturated rings. The molecule has 2 aliphatic rings. The van der Waals surface area contributed by atoms with Gasteiger partial charge in [-0.2, -0.15) is 0 Å². The van der Waals surface area contributed by atoms with E-state index in [2.05, 4.69) is 4.98 Å². The fourth-order valence-corrected chi connectivity index (χ4v) is 7.03. The molecule has 0 unspecified atom stereocenters. The van der Waals surface area contributed by atoms with Crippen LogP contribution in [0.3, 0.4) is 0 Å². The quantitative estimate of drug-likeness (QED) is 0.303. The fourth-order valence-electron chi connectivity index (χ4n) is 4.92. The summed E-state index contributed by atoms with van der Waals surface area (Å²) in [5.74, 6) is -1.35. The van der Waals surface area contributed by atoms with Crippen molar-refractivity contribution >= 4 is 27.8 Å². The number of β-lactam (4-membered cyclic amide) rings is 1. The summed E-state index contributed by atoms with van der Waals surface area (Å²) >= 11 is 0. The highest BCUT2D eigenvalue weighted by Crippen LogP contribution is 2.49. The number of carbonyl (C=O) groups is 2. The van der Waals surface area contributed by atoms with Crippen LogP contribution in [-0.4, -0.2) is 51.4 Å². The number of fused-ring (bicyclic) bond motifs is 1. The predicted molar refractivity (Wildman–Crippen MR) is 136 cm³/mol. The summed E-state index contributed by atoms with van der Waals surface area (Å²) in [6, 6.07) is 20.2. The number of aromatic nitrogens is 1. The smallest absolute Gasteiger partial charge is 0.331 e. The Morgan fingerprint density at radius 2 is 1.68 bits per heavy atom. The second-order valence-electron chi connectivity index (χ2n) is 9.60. The van der Waals surface area contributed by atoms with Gasteiger partial charge in [-0.3, -0.25) is 9.78 Å². The monoisotopic (exact) mass is 518 g/mol. The Morgan fingerprint density at radius 1 is 1.08 bits per heavy atom. The zero-order valence-corrected chi connectivity index (χ0v) is 21.1. The van der Waals surface area contributed by atoms with Crippen LogP contribution in [0.15, 0.2) is 84.6 Å². The maximum absolute atomic E-state index is 13.6. The van der Waals surface area contributed by atoms with Gasteiger partial charge in [-0.25, -0.2) is 13.2 Å². The van der Waals surface area contributed by atoms with E-state index in [1.807, 2.05) is 60.7 Å². The van der Waals surface area contributed by atoms with Crippen molar-refractivity contribution in [3.05, 3.63) is 107 Å². The molecule has 0 spiro atoms. The maximum atomic E-state index is 13.6. The lowest BCUT2D eigenvalue weighted by molar-refractivity contribution is -0.160. The molecule has 9 heteroatoms. The van der Waals surface area contributed by atoms with Crippen LogP contribution < -0.4 is 0 Å². The zero-order chi connectivity index (χ0) is 26.4. The summed E-state index contributed by atoms with van der Waals surface area (Å²) < 4.78 is 31.5. The molecule has 2 atom stereocenters. The number of hydrogen-bond acceptors (Lipinski definition) is 7. The van der Waals surface area contributed by atoms with Gasteiger partial charge >= 0.3 is 5.97 Å². The number of aliphatic hydroxyl groups is 1. The molecule has 3 heterocycles. The van der Waals surface area contributed by atoms with Gasteiger partial charge in [-0.1, -0.05) is 60.7 Å². The van der Waals surface area contributed by atoms with Crippen LogP contribution in [0.5, 0.6) is 0 Å². The molecule has 2 aromatic carbocycles. The molecular weight excluding hydrogens is 492 g/mol. The molecule has 8 nitrogen and oxygen atoms in total. The highest BCUT2D eigenvalue weighted by Gasteiger charge is 2.70. The minimum absolute atomic E-state index is 0.0358. The Hall–Kier alpha value is -3.82. The van der Waals surface area contributed by atoms with Crippen LogP contribution in [-0.2, 0) is 30.8 Å². The number of sulfone groups is 1. The predicted octanol–water partition coefficient (Wildman–Crippen LogP) is 3.03. The van der Waals surface area contributed by atoms with Gasteiger partial charge < -0.3 is 14.7 Å². The first-order valence-electron chi connectivity index (χ1n) is 11.8. The second-order valence-corrected chi connectivity index (χ2v) is 12.2. The van der Waals surface area contributed by atoms with E-state index in [0.29, 0.717) is 11.3 Å². The molecule has 37 heavy (non-hydrogen) atoms. The van der Waals surface area contributed by atoms with Crippen molar-refractivity contribution in [3.8, 4) is 0 Å². The lowest BCUT2D eigenvalue weighted by Gasteiger charge is -2.38. The van der Waals surface area contributed by atoms with E-state index in [1.54, 1.807) is 12.1 Å². The van der Waals surface area contributed by atoms with E-state index in [9.17, 15) is 23.1 Å². The minimum Gasteiger partial charge on any atom is -0.451 e. The molecule has 0 radical (unpaired) electrons. The average molecular weight is 519 g/mol. The Bertz CT molecular complexity index is 1450. The van der Waals surface area contributed by atoms with E-state index in [4.69, 9.17) is 4.74 Å². The molecule has 190 valence electrons. The molecule has 2 aliphatic heterocycles. The number of ether oxygens (including phenoxy) is 1. The number of carbonyl (C=O) groups excluding carboxylic acids is 2. The normalized spacial score (nSPS) is 22.5. The SMILES string of the molecule is CC1(C)[C@H](C(=O)OC(c2ccccc2)c2ccccc2)N2C(=O)/C(=C/c3cc(CO)ccn3)[C@H]2S1(=O)=O. The lowest BCUT2D eigenvalue weighted by atomic mass is 9.94. The van der Waals surface area contributed by atoms with Crippen molar-refractivity contribution in [1.29, 1.82) is 0 Å². The number of aliphatic hydroxyl groups excluding tert-OH is 1. The van der Waals surface area contributed by atoms with Crippen LogP contribution in [0.2, 0.25) is 0 Å². The summed E-state index contributed by atoms with van der Waals surface area (Å²) in [5.41, 5.74) is 2.41. The molecule has 0 bridgehead atoms. The van der Waals surface area contributed by atoms with Gasteiger partial charge in [0.05, 0.1) is 17.9 Å². The van der Waals surface area contributed by atoms with Gasteiger partial charge in [0.1, 0.15) is 4.75 Å². The highest BCUT2D eigenvalue weighted by atomic mass is 32.2. The largest absolute Gasteiger partial charge is 0.451 e. The van der Waals surface area contributed by atoms with Gasteiger partial charge in [0.25, 0.3) is 5.91 Å². The van der Waals surface area contributed by atoms with E-state index in [-0.39, 0.29) is 12.2 Å². The molecule has 5 rings (SSSR count). The summed E-state index contributed by atoms with van der Waals surface area (Å²) in [6.07, 6.45) is 2.10. The van der Waals surface area contributed by atoms with Crippen molar-refractivity contribution in [1.82, 2.24) is 9.88 Å². The minimum atomic E-state index is -3.98. The Balaban J connectivity index is 1.50. The van der Waals surface area contributed by atoms with Gasteiger partial charge in [0.2, 0.25) is 0 Å². The van der Waals surface area contributed by atoms with E-state index < -0.39 is 44.0 Å². The third-order valence-corrected chi connectivity index (χ3v) is 9.72. The summed E-state index contributed by atoms with van der Waals surface area (Å²) in [4.78, 5) is 32.1. The van der Waals surface area contributed by atoms with Crippen molar-refractivity contribution in [2.24, 2.45) is 0 Å².